The van der Waals surface area contributed by atoms with Crippen molar-refractivity contribution in [1.29, 1.82) is 0 Å². The molecule has 2 saturated heterocycles. The van der Waals surface area contributed by atoms with Crippen LogP contribution in [0.15, 0.2) is 36.9 Å². The first kappa shape index (κ1) is 20.7. The Morgan fingerprint density at radius 1 is 1.21 bits per heavy atom. The van der Waals surface area contributed by atoms with E-state index in [2.05, 4.69) is 27.4 Å². The SMILES string of the molecule is C=CCNC(=O)c1ccc(NC(=O)NCC2(N3CCOCC3)CCSC2)cc1. The van der Waals surface area contributed by atoms with E-state index >= 15 is 0 Å². The molecule has 28 heavy (non-hydrogen) atoms. The predicted octanol–water partition coefficient (Wildman–Crippen LogP) is 1.93. The fourth-order valence-electron chi connectivity index (χ4n) is 3.53. The zero-order chi connectivity index (χ0) is 19.8. The third-order valence-electron chi connectivity index (χ3n) is 5.15. The van der Waals surface area contributed by atoms with Gasteiger partial charge in [-0.3, -0.25) is 9.69 Å². The number of carbonyl (C=O) groups is 2. The fourth-order valence-corrected chi connectivity index (χ4v) is 5.00. The van der Waals surface area contributed by atoms with Crippen LogP contribution in [0.25, 0.3) is 0 Å². The Labute approximate surface area is 170 Å². The number of benzene rings is 1. The van der Waals surface area contributed by atoms with Gasteiger partial charge in [0.15, 0.2) is 0 Å². The highest BCUT2D eigenvalue weighted by atomic mass is 32.2. The number of nitrogens with one attached hydrogen (secondary N) is 3. The molecule has 0 aliphatic carbocycles. The van der Waals surface area contributed by atoms with Crippen LogP contribution in [0.2, 0.25) is 0 Å². The third-order valence-corrected chi connectivity index (χ3v) is 6.39. The second-order valence-corrected chi connectivity index (χ2v) is 8.12. The number of hydrogen-bond acceptors (Lipinski definition) is 5. The summed E-state index contributed by atoms with van der Waals surface area (Å²) in [4.78, 5) is 26.8. The molecule has 8 heteroatoms. The average molecular weight is 405 g/mol. The van der Waals surface area contributed by atoms with Crippen LogP contribution in [0.5, 0.6) is 0 Å². The van der Waals surface area contributed by atoms with Gasteiger partial charge in [-0.1, -0.05) is 6.08 Å². The van der Waals surface area contributed by atoms with Gasteiger partial charge >= 0.3 is 6.03 Å². The first-order chi connectivity index (χ1) is 13.6. The number of carbonyl (C=O) groups excluding carboxylic acids is 2. The number of anilines is 1. The van der Waals surface area contributed by atoms with E-state index in [0.717, 1.165) is 44.2 Å². The summed E-state index contributed by atoms with van der Waals surface area (Å²) in [6.45, 7) is 7.96. The molecular formula is C20H28N4O3S. The first-order valence-electron chi connectivity index (χ1n) is 9.57. The highest BCUT2D eigenvalue weighted by Crippen LogP contribution is 2.33. The van der Waals surface area contributed by atoms with E-state index in [1.807, 2.05) is 11.8 Å². The fraction of sp³-hybridized carbons (Fsp3) is 0.500. The highest BCUT2D eigenvalue weighted by Gasteiger charge is 2.40. The monoisotopic (exact) mass is 404 g/mol. The Kier molecular flexibility index (Phi) is 7.36. The molecule has 0 radical (unpaired) electrons. The summed E-state index contributed by atoms with van der Waals surface area (Å²) in [5.74, 6) is 1.99. The summed E-state index contributed by atoms with van der Waals surface area (Å²) >= 11 is 1.94. The van der Waals surface area contributed by atoms with E-state index in [-0.39, 0.29) is 17.5 Å². The lowest BCUT2D eigenvalue weighted by molar-refractivity contribution is -0.0123. The normalized spacial score (nSPS) is 22.4. The molecule has 7 nitrogen and oxygen atoms in total. The maximum Gasteiger partial charge on any atom is 0.319 e. The van der Waals surface area contributed by atoms with Crippen LogP contribution in [-0.4, -0.2) is 73.3 Å². The molecule has 152 valence electrons. The molecule has 1 unspecified atom stereocenters. The zero-order valence-electron chi connectivity index (χ0n) is 16.0. The van der Waals surface area contributed by atoms with Gasteiger partial charge in [0.25, 0.3) is 5.91 Å². The molecule has 1 aromatic rings. The van der Waals surface area contributed by atoms with Crippen molar-refractivity contribution in [3.05, 3.63) is 42.5 Å². The number of urea groups is 1. The average Bonchev–Trinajstić information content (AvgIpc) is 3.22. The molecule has 2 aliphatic rings. The zero-order valence-corrected chi connectivity index (χ0v) is 16.9. The minimum Gasteiger partial charge on any atom is -0.379 e. The molecule has 3 rings (SSSR count). The number of thioether (sulfide) groups is 1. The molecule has 2 heterocycles. The smallest absolute Gasteiger partial charge is 0.319 e. The summed E-state index contributed by atoms with van der Waals surface area (Å²) < 4.78 is 5.48. The Morgan fingerprint density at radius 2 is 1.96 bits per heavy atom. The number of hydrogen-bond donors (Lipinski definition) is 3. The standard InChI is InChI=1S/C20H28N4O3S/c1-2-8-21-18(25)16-3-5-17(6-4-16)23-19(26)22-14-20(7-13-28-15-20)24-9-11-27-12-10-24/h2-6H,1,7-15H2,(H,21,25)(H2,22,23,26). The third kappa shape index (κ3) is 5.27. The van der Waals surface area contributed by atoms with Crippen LogP contribution < -0.4 is 16.0 Å². The second-order valence-electron chi connectivity index (χ2n) is 7.01. The summed E-state index contributed by atoms with van der Waals surface area (Å²) in [5.41, 5.74) is 1.21. The van der Waals surface area contributed by atoms with Crippen molar-refractivity contribution in [2.45, 2.75) is 12.0 Å². The van der Waals surface area contributed by atoms with E-state index < -0.39 is 0 Å². The number of rotatable bonds is 7. The molecule has 1 aromatic carbocycles. The summed E-state index contributed by atoms with van der Waals surface area (Å²) in [7, 11) is 0. The van der Waals surface area contributed by atoms with Crippen molar-refractivity contribution in [2.24, 2.45) is 0 Å². The predicted molar refractivity (Wildman–Crippen MR) is 113 cm³/mol. The number of ether oxygens (including phenoxy) is 1. The topological polar surface area (TPSA) is 82.7 Å². The van der Waals surface area contributed by atoms with Crippen LogP contribution in [0, 0.1) is 0 Å². The molecule has 3 amide bonds. The van der Waals surface area contributed by atoms with Gasteiger partial charge < -0.3 is 20.7 Å². The molecular weight excluding hydrogens is 376 g/mol. The lowest BCUT2D eigenvalue weighted by Gasteiger charge is -2.43. The molecule has 0 spiro atoms. The van der Waals surface area contributed by atoms with E-state index in [1.165, 1.54) is 0 Å². The van der Waals surface area contributed by atoms with Crippen LogP contribution in [0.4, 0.5) is 10.5 Å². The minimum absolute atomic E-state index is 0.0128. The molecule has 0 saturated carbocycles. The highest BCUT2D eigenvalue weighted by molar-refractivity contribution is 7.99. The van der Waals surface area contributed by atoms with Crippen molar-refractivity contribution >= 4 is 29.4 Å². The Bertz CT molecular complexity index is 683. The lowest BCUT2D eigenvalue weighted by atomic mass is 9.95. The van der Waals surface area contributed by atoms with Crippen molar-refractivity contribution < 1.29 is 14.3 Å². The van der Waals surface area contributed by atoms with E-state index in [9.17, 15) is 9.59 Å². The van der Waals surface area contributed by atoms with Gasteiger partial charge in [0.2, 0.25) is 0 Å². The van der Waals surface area contributed by atoms with Gasteiger partial charge in [-0.05, 0) is 36.4 Å². The van der Waals surface area contributed by atoms with E-state index in [1.54, 1.807) is 30.3 Å². The van der Waals surface area contributed by atoms with Gasteiger partial charge in [-0.15, -0.1) is 6.58 Å². The molecule has 1 atom stereocenters. The van der Waals surface area contributed by atoms with Crippen molar-refractivity contribution in [3.8, 4) is 0 Å². The molecule has 2 fully saturated rings. The van der Waals surface area contributed by atoms with Gasteiger partial charge in [0, 0.05) is 48.7 Å². The summed E-state index contributed by atoms with van der Waals surface area (Å²) in [5, 5.41) is 8.61. The number of morpholine rings is 1. The van der Waals surface area contributed by atoms with Crippen LogP contribution in [-0.2, 0) is 4.74 Å². The van der Waals surface area contributed by atoms with Crippen molar-refractivity contribution in [2.75, 3.05) is 56.2 Å². The van der Waals surface area contributed by atoms with Gasteiger partial charge in [0.1, 0.15) is 0 Å². The van der Waals surface area contributed by atoms with E-state index in [4.69, 9.17) is 4.74 Å². The largest absolute Gasteiger partial charge is 0.379 e. The Hall–Kier alpha value is -2.03. The van der Waals surface area contributed by atoms with Gasteiger partial charge in [0.05, 0.1) is 13.2 Å². The van der Waals surface area contributed by atoms with Gasteiger partial charge in [-0.2, -0.15) is 11.8 Å². The quantitative estimate of drug-likeness (QED) is 0.605. The Morgan fingerprint density at radius 3 is 2.61 bits per heavy atom. The van der Waals surface area contributed by atoms with E-state index in [0.29, 0.717) is 24.3 Å². The van der Waals surface area contributed by atoms with Crippen LogP contribution >= 0.6 is 11.8 Å². The Balaban J connectivity index is 1.52. The van der Waals surface area contributed by atoms with Crippen molar-refractivity contribution in [3.63, 3.8) is 0 Å². The molecule has 0 bridgehead atoms. The van der Waals surface area contributed by atoms with Crippen LogP contribution in [0.3, 0.4) is 0 Å². The molecule has 3 N–H and O–H groups in total. The number of amides is 3. The first-order valence-corrected chi connectivity index (χ1v) is 10.7. The maximum atomic E-state index is 12.4. The molecule has 0 aromatic heterocycles. The summed E-state index contributed by atoms with van der Waals surface area (Å²) in [6.07, 6.45) is 2.71. The van der Waals surface area contributed by atoms with Gasteiger partial charge in [-0.25, -0.2) is 4.79 Å². The maximum absolute atomic E-state index is 12.4. The minimum atomic E-state index is -0.228. The second kappa shape index (κ2) is 9.95. The summed E-state index contributed by atoms with van der Waals surface area (Å²) in [6, 6.07) is 6.61. The lowest BCUT2D eigenvalue weighted by Crippen LogP contribution is -2.59. The number of nitrogens with zero attached hydrogens (tertiary/aromatic N) is 1. The van der Waals surface area contributed by atoms with Crippen LogP contribution in [0.1, 0.15) is 16.8 Å². The van der Waals surface area contributed by atoms with Crippen molar-refractivity contribution in [1.82, 2.24) is 15.5 Å². The molecule has 2 aliphatic heterocycles.